The van der Waals surface area contributed by atoms with Crippen molar-refractivity contribution < 1.29 is 9.13 Å². The normalized spacial score (nSPS) is 11.1. The molecule has 0 saturated carbocycles. The number of aliphatic imine (C=N–C) groups is 1. The number of halogens is 2. The molecular weight excluding hydrogens is 449 g/mol. The maximum Gasteiger partial charge on any atom is 0.165 e. The first kappa shape index (κ1) is 21.6. The lowest BCUT2D eigenvalue weighted by molar-refractivity contribution is 0.442. The number of aromatic nitrogens is 2. The van der Waals surface area contributed by atoms with Crippen LogP contribution in [0, 0.1) is 5.82 Å². The molecule has 1 heterocycles. The Kier molecular flexibility index (Phi) is 6.19. The SMILES string of the molecule is Fc1ccc(C=Nc2cc(-c3ccc(Cl)cc3)nn2-c2ccccc2)cc1Oc1ccccc1. The zero-order valence-corrected chi connectivity index (χ0v) is 18.7. The van der Waals surface area contributed by atoms with Crippen LogP contribution < -0.4 is 4.74 Å². The standard InChI is InChI=1S/C28H19ClFN3O/c29-22-14-12-21(13-15-22)26-18-28(33(32-26)23-7-3-1-4-8-23)31-19-20-11-16-25(30)27(17-20)34-24-9-5-2-6-10-24/h1-19H. The van der Waals surface area contributed by atoms with Crippen molar-refractivity contribution in [2.75, 3.05) is 0 Å². The van der Waals surface area contributed by atoms with Crippen LogP contribution in [0.2, 0.25) is 5.02 Å². The summed E-state index contributed by atoms with van der Waals surface area (Å²) in [4.78, 5) is 4.67. The van der Waals surface area contributed by atoms with E-state index in [0.717, 1.165) is 16.9 Å². The van der Waals surface area contributed by atoms with Crippen LogP contribution in [-0.4, -0.2) is 16.0 Å². The van der Waals surface area contributed by atoms with Crippen LogP contribution in [0.3, 0.4) is 0 Å². The fourth-order valence-corrected chi connectivity index (χ4v) is 3.54. The predicted molar refractivity (Wildman–Crippen MR) is 134 cm³/mol. The molecule has 0 saturated heterocycles. The van der Waals surface area contributed by atoms with Crippen LogP contribution in [0.4, 0.5) is 10.2 Å². The molecule has 0 atom stereocenters. The van der Waals surface area contributed by atoms with Crippen LogP contribution in [-0.2, 0) is 0 Å². The monoisotopic (exact) mass is 467 g/mol. The quantitative estimate of drug-likeness (QED) is 0.238. The van der Waals surface area contributed by atoms with E-state index in [2.05, 4.69) is 4.99 Å². The van der Waals surface area contributed by atoms with Gasteiger partial charge in [0.1, 0.15) is 5.75 Å². The smallest absolute Gasteiger partial charge is 0.165 e. The Labute approximate surface area is 201 Å². The summed E-state index contributed by atoms with van der Waals surface area (Å²) >= 11 is 6.04. The van der Waals surface area contributed by atoms with Gasteiger partial charge < -0.3 is 4.74 Å². The van der Waals surface area contributed by atoms with Gasteiger partial charge in [0.05, 0.1) is 11.4 Å². The Balaban J connectivity index is 1.49. The molecule has 4 aromatic carbocycles. The molecule has 34 heavy (non-hydrogen) atoms. The molecule has 0 aliphatic heterocycles. The van der Waals surface area contributed by atoms with Gasteiger partial charge in [0.15, 0.2) is 17.4 Å². The van der Waals surface area contributed by atoms with Gasteiger partial charge in [0.25, 0.3) is 0 Å². The highest BCUT2D eigenvalue weighted by Crippen LogP contribution is 2.28. The first-order chi connectivity index (χ1) is 16.7. The fourth-order valence-electron chi connectivity index (χ4n) is 3.42. The van der Waals surface area contributed by atoms with E-state index >= 15 is 0 Å². The van der Waals surface area contributed by atoms with Gasteiger partial charge in [-0.15, -0.1) is 0 Å². The van der Waals surface area contributed by atoms with Crippen molar-refractivity contribution in [3.63, 3.8) is 0 Å². The van der Waals surface area contributed by atoms with Crippen LogP contribution in [0.1, 0.15) is 5.56 Å². The Hall–Kier alpha value is -4.22. The van der Waals surface area contributed by atoms with E-state index in [0.29, 0.717) is 22.2 Å². The summed E-state index contributed by atoms with van der Waals surface area (Å²) in [6.45, 7) is 0. The van der Waals surface area contributed by atoms with Crippen molar-refractivity contribution in [2.24, 2.45) is 4.99 Å². The van der Waals surface area contributed by atoms with Gasteiger partial charge >= 0.3 is 0 Å². The molecule has 0 radical (unpaired) electrons. The van der Waals surface area contributed by atoms with Crippen molar-refractivity contribution in [3.8, 4) is 28.4 Å². The van der Waals surface area contributed by atoms with Gasteiger partial charge in [0, 0.05) is 22.9 Å². The summed E-state index contributed by atoms with van der Waals surface area (Å²) in [5.74, 6) is 0.880. The summed E-state index contributed by atoms with van der Waals surface area (Å²) in [5, 5.41) is 5.42. The average molecular weight is 468 g/mol. The van der Waals surface area contributed by atoms with Crippen molar-refractivity contribution in [2.45, 2.75) is 0 Å². The molecule has 6 heteroatoms. The van der Waals surface area contributed by atoms with E-state index in [-0.39, 0.29) is 5.75 Å². The minimum absolute atomic E-state index is 0.133. The molecule has 166 valence electrons. The van der Waals surface area contributed by atoms with Gasteiger partial charge in [-0.05, 0) is 54.1 Å². The summed E-state index contributed by atoms with van der Waals surface area (Å²) in [5.41, 5.74) is 3.26. The second-order valence-corrected chi connectivity index (χ2v) is 7.94. The predicted octanol–water partition coefficient (Wildman–Crippen LogP) is 7.87. The third-order valence-corrected chi connectivity index (χ3v) is 5.36. The highest BCUT2D eigenvalue weighted by molar-refractivity contribution is 6.30. The zero-order valence-electron chi connectivity index (χ0n) is 18.0. The molecule has 0 aliphatic carbocycles. The molecule has 0 unspecified atom stereocenters. The number of para-hydroxylation sites is 2. The third kappa shape index (κ3) is 4.90. The number of hydrogen-bond acceptors (Lipinski definition) is 3. The molecule has 0 bridgehead atoms. The Morgan fingerprint density at radius 3 is 2.26 bits per heavy atom. The first-order valence-corrected chi connectivity index (χ1v) is 11.0. The van der Waals surface area contributed by atoms with E-state index in [1.165, 1.54) is 6.07 Å². The number of nitrogens with zero attached hydrogens (tertiary/aromatic N) is 3. The van der Waals surface area contributed by atoms with Crippen LogP contribution in [0.25, 0.3) is 16.9 Å². The minimum Gasteiger partial charge on any atom is -0.454 e. The number of ether oxygens (including phenoxy) is 1. The molecule has 1 aromatic heterocycles. The number of benzene rings is 4. The van der Waals surface area contributed by atoms with Crippen LogP contribution >= 0.6 is 11.6 Å². The van der Waals surface area contributed by atoms with Gasteiger partial charge in [-0.2, -0.15) is 5.10 Å². The number of rotatable bonds is 6. The second kappa shape index (κ2) is 9.73. The summed E-state index contributed by atoms with van der Waals surface area (Å²) in [6.07, 6.45) is 1.67. The first-order valence-electron chi connectivity index (χ1n) is 10.6. The maximum atomic E-state index is 14.3. The molecule has 5 rings (SSSR count). The van der Waals surface area contributed by atoms with E-state index in [1.807, 2.05) is 78.9 Å². The lowest BCUT2D eigenvalue weighted by Crippen LogP contribution is -1.96. The molecular formula is C28H19ClFN3O. The van der Waals surface area contributed by atoms with E-state index in [4.69, 9.17) is 21.4 Å². The molecule has 0 fully saturated rings. The topological polar surface area (TPSA) is 39.4 Å². The highest BCUT2D eigenvalue weighted by atomic mass is 35.5. The van der Waals surface area contributed by atoms with Crippen molar-refractivity contribution in [3.05, 3.63) is 126 Å². The highest BCUT2D eigenvalue weighted by Gasteiger charge is 2.11. The summed E-state index contributed by atoms with van der Waals surface area (Å²) in [7, 11) is 0. The minimum atomic E-state index is -0.444. The molecule has 0 N–H and O–H groups in total. The molecule has 4 nitrogen and oxygen atoms in total. The zero-order chi connectivity index (χ0) is 23.3. The van der Waals surface area contributed by atoms with Gasteiger partial charge in [0.2, 0.25) is 0 Å². The molecule has 0 aliphatic rings. The summed E-state index contributed by atoms with van der Waals surface area (Å²) in [6, 6.07) is 32.9. The molecule has 0 amide bonds. The molecule has 5 aromatic rings. The van der Waals surface area contributed by atoms with E-state index in [9.17, 15) is 4.39 Å². The molecule has 0 spiro atoms. The lowest BCUT2D eigenvalue weighted by Gasteiger charge is -2.07. The van der Waals surface area contributed by atoms with Crippen LogP contribution in [0.15, 0.2) is 114 Å². The van der Waals surface area contributed by atoms with Crippen molar-refractivity contribution in [1.82, 2.24) is 9.78 Å². The lowest BCUT2D eigenvalue weighted by atomic mass is 10.1. The Morgan fingerprint density at radius 1 is 0.824 bits per heavy atom. The Bertz CT molecular complexity index is 1430. The Morgan fingerprint density at radius 2 is 1.53 bits per heavy atom. The fraction of sp³-hybridized carbons (Fsp3) is 0. The van der Waals surface area contributed by atoms with Gasteiger partial charge in [-0.25, -0.2) is 14.1 Å². The van der Waals surface area contributed by atoms with Gasteiger partial charge in [-0.1, -0.05) is 66.2 Å². The van der Waals surface area contributed by atoms with E-state index in [1.54, 1.807) is 35.2 Å². The van der Waals surface area contributed by atoms with Crippen molar-refractivity contribution in [1.29, 1.82) is 0 Å². The maximum absolute atomic E-state index is 14.3. The van der Waals surface area contributed by atoms with E-state index < -0.39 is 5.82 Å². The van der Waals surface area contributed by atoms with Crippen molar-refractivity contribution >= 4 is 23.6 Å². The third-order valence-electron chi connectivity index (χ3n) is 5.10. The summed E-state index contributed by atoms with van der Waals surface area (Å²) < 4.78 is 21.8. The largest absolute Gasteiger partial charge is 0.454 e. The second-order valence-electron chi connectivity index (χ2n) is 7.51. The average Bonchev–Trinajstić information content (AvgIpc) is 3.30. The number of hydrogen-bond donors (Lipinski definition) is 0. The van der Waals surface area contributed by atoms with Crippen LogP contribution in [0.5, 0.6) is 11.5 Å². The van der Waals surface area contributed by atoms with Gasteiger partial charge in [-0.3, -0.25) is 0 Å².